The highest BCUT2D eigenvalue weighted by Gasteiger charge is 2.30. The average molecular weight is 335 g/mol. The summed E-state index contributed by atoms with van der Waals surface area (Å²) < 4.78 is 30.9. The minimum Gasteiger partial charge on any atom is -0.469 e. The Morgan fingerprint density at radius 1 is 1.36 bits per heavy atom. The molecule has 1 fully saturated rings. The molecule has 0 aromatic heterocycles. The van der Waals surface area contributed by atoms with Gasteiger partial charge in [0.1, 0.15) is 11.6 Å². The van der Waals surface area contributed by atoms with Gasteiger partial charge in [0.15, 0.2) is 0 Å². The Morgan fingerprint density at radius 3 is 2.59 bits per heavy atom. The van der Waals surface area contributed by atoms with E-state index < -0.39 is 23.6 Å². The van der Waals surface area contributed by atoms with Gasteiger partial charge in [-0.15, -0.1) is 12.4 Å². The molecule has 0 saturated carbocycles. The Labute approximate surface area is 133 Å². The number of carbonyl (C=O) groups excluding carboxylic acids is 2. The molecule has 1 saturated heterocycles. The monoisotopic (exact) mass is 334 g/mol. The van der Waals surface area contributed by atoms with E-state index in [9.17, 15) is 18.4 Å². The summed E-state index contributed by atoms with van der Waals surface area (Å²) in [6.07, 6.45) is -0.0661. The zero-order valence-electron chi connectivity index (χ0n) is 12.0. The lowest BCUT2D eigenvalue weighted by molar-refractivity contribution is -0.146. The summed E-state index contributed by atoms with van der Waals surface area (Å²) in [6.45, 7) is 1.02. The lowest BCUT2D eigenvalue weighted by Gasteiger charge is -2.32. The molecule has 1 aliphatic heterocycles. The summed E-state index contributed by atoms with van der Waals surface area (Å²) in [5.74, 6) is -2.13. The van der Waals surface area contributed by atoms with Gasteiger partial charge < -0.3 is 15.0 Å². The predicted octanol–water partition coefficient (Wildman–Crippen LogP) is 1.25. The third-order valence-corrected chi connectivity index (χ3v) is 3.28. The highest BCUT2D eigenvalue weighted by atomic mass is 35.5. The van der Waals surface area contributed by atoms with Gasteiger partial charge in [-0.25, -0.2) is 8.78 Å². The van der Waals surface area contributed by atoms with Gasteiger partial charge in [-0.1, -0.05) is 0 Å². The van der Waals surface area contributed by atoms with Crippen LogP contribution in [0.3, 0.4) is 0 Å². The summed E-state index contributed by atoms with van der Waals surface area (Å²) in [5, 5.41) is 2.93. The molecule has 22 heavy (non-hydrogen) atoms. The van der Waals surface area contributed by atoms with Crippen LogP contribution >= 0.6 is 12.4 Å². The molecule has 0 bridgehead atoms. The van der Waals surface area contributed by atoms with Crippen molar-refractivity contribution in [1.29, 1.82) is 0 Å². The lowest BCUT2D eigenvalue weighted by Crippen LogP contribution is -2.55. The molecular weight excluding hydrogens is 318 g/mol. The predicted molar refractivity (Wildman–Crippen MR) is 77.4 cm³/mol. The van der Waals surface area contributed by atoms with Gasteiger partial charge >= 0.3 is 5.97 Å². The summed E-state index contributed by atoms with van der Waals surface area (Å²) >= 11 is 0. The quantitative estimate of drug-likeness (QED) is 0.842. The topological polar surface area (TPSA) is 58.6 Å². The Morgan fingerprint density at radius 2 is 2.00 bits per heavy atom. The number of esters is 1. The first-order valence-electron chi connectivity index (χ1n) is 6.53. The molecule has 122 valence electrons. The molecule has 1 heterocycles. The number of methoxy groups -OCH3 is 1. The van der Waals surface area contributed by atoms with Crippen molar-refractivity contribution in [3.63, 3.8) is 0 Å². The first kappa shape index (κ1) is 18.3. The van der Waals surface area contributed by atoms with E-state index in [1.54, 1.807) is 0 Å². The summed E-state index contributed by atoms with van der Waals surface area (Å²) in [4.78, 5) is 24.9. The molecule has 5 nitrogen and oxygen atoms in total. The fourth-order valence-corrected chi connectivity index (χ4v) is 2.28. The molecule has 1 atom stereocenters. The van der Waals surface area contributed by atoms with E-state index in [1.807, 2.05) is 0 Å². The van der Waals surface area contributed by atoms with Crippen LogP contribution in [0.15, 0.2) is 18.2 Å². The summed E-state index contributed by atoms with van der Waals surface area (Å²) in [5.41, 5.74) is 0.375. The van der Waals surface area contributed by atoms with Crippen LogP contribution in [-0.4, -0.2) is 43.0 Å². The number of hydrogen-bond acceptors (Lipinski definition) is 4. The molecule has 1 N–H and O–H groups in total. The molecular formula is C14H17ClF2N2O3. The van der Waals surface area contributed by atoms with Gasteiger partial charge in [0, 0.05) is 25.7 Å². The molecule has 8 heteroatoms. The molecule has 1 aromatic rings. The minimum atomic E-state index is -0.682. The zero-order valence-corrected chi connectivity index (χ0v) is 12.8. The van der Waals surface area contributed by atoms with Gasteiger partial charge in [0.05, 0.1) is 19.6 Å². The number of nitrogens with one attached hydrogen (secondary N) is 1. The van der Waals surface area contributed by atoms with Crippen LogP contribution in [-0.2, 0) is 20.9 Å². The summed E-state index contributed by atoms with van der Waals surface area (Å²) in [6, 6.07) is 2.49. The second-order valence-corrected chi connectivity index (χ2v) is 4.82. The van der Waals surface area contributed by atoms with E-state index >= 15 is 0 Å². The van der Waals surface area contributed by atoms with Gasteiger partial charge in [-0.3, -0.25) is 9.59 Å². The first-order chi connectivity index (χ1) is 9.99. The maximum atomic E-state index is 13.2. The number of nitrogens with zero attached hydrogens (tertiary/aromatic N) is 1. The van der Waals surface area contributed by atoms with Crippen molar-refractivity contribution in [1.82, 2.24) is 10.2 Å². The van der Waals surface area contributed by atoms with Gasteiger partial charge in [0.25, 0.3) is 0 Å². The highest BCUT2D eigenvalue weighted by Crippen LogP contribution is 2.14. The van der Waals surface area contributed by atoms with Crippen molar-refractivity contribution in [2.75, 3.05) is 20.2 Å². The van der Waals surface area contributed by atoms with Crippen LogP contribution in [0, 0.1) is 11.6 Å². The Kier molecular flexibility index (Phi) is 6.70. The molecule has 1 aromatic carbocycles. The van der Waals surface area contributed by atoms with Crippen LogP contribution in [0.1, 0.15) is 12.0 Å². The van der Waals surface area contributed by atoms with E-state index in [-0.39, 0.29) is 31.3 Å². The second-order valence-electron chi connectivity index (χ2n) is 4.82. The third kappa shape index (κ3) is 4.64. The van der Waals surface area contributed by atoms with Crippen LogP contribution in [0.5, 0.6) is 0 Å². The van der Waals surface area contributed by atoms with Crippen LogP contribution in [0.25, 0.3) is 0 Å². The molecule has 1 unspecified atom stereocenters. The standard InChI is InChI=1S/C14H16F2N2O3.ClH/c1-21-13(19)7-12-14(20)18(3-2-17-12)8-9-4-10(15)6-11(16)5-9;/h4-6,12,17H,2-3,7-8H2,1H3;1H. The van der Waals surface area contributed by atoms with E-state index in [0.717, 1.165) is 6.07 Å². The number of halogens is 3. The molecule has 1 amide bonds. The number of ether oxygens (including phenoxy) is 1. The van der Waals surface area contributed by atoms with Gasteiger partial charge in [-0.2, -0.15) is 0 Å². The Balaban J connectivity index is 0.00000242. The second kappa shape index (κ2) is 8.05. The van der Waals surface area contributed by atoms with Crippen molar-refractivity contribution in [3.05, 3.63) is 35.4 Å². The average Bonchev–Trinajstić information content (AvgIpc) is 2.42. The number of carbonyl (C=O) groups is 2. The molecule has 1 aliphatic rings. The Hall–Kier alpha value is -1.73. The zero-order chi connectivity index (χ0) is 15.4. The smallest absolute Gasteiger partial charge is 0.307 e. The van der Waals surface area contributed by atoms with E-state index in [2.05, 4.69) is 10.1 Å². The normalized spacial score (nSPS) is 17.9. The van der Waals surface area contributed by atoms with E-state index in [0.29, 0.717) is 18.7 Å². The largest absolute Gasteiger partial charge is 0.469 e. The highest BCUT2D eigenvalue weighted by molar-refractivity contribution is 5.87. The van der Waals surface area contributed by atoms with Crippen LogP contribution in [0.4, 0.5) is 8.78 Å². The first-order valence-corrected chi connectivity index (χ1v) is 6.53. The number of piperazine rings is 1. The van der Waals surface area contributed by atoms with Gasteiger partial charge in [-0.05, 0) is 17.7 Å². The molecule has 2 rings (SSSR count). The number of amides is 1. The maximum absolute atomic E-state index is 13.2. The van der Waals surface area contributed by atoms with Crippen LogP contribution < -0.4 is 5.32 Å². The summed E-state index contributed by atoms with van der Waals surface area (Å²) in [7, 11) is 1.25. The maximum Gasteiger partial charge on any atom is 0.307 e. The van der Waals surface area contributed by atoms with Crippen molar-refractivity contribution in [3.8, 4) is 0 Å². The van der Waals surface area contributed by atoms with E-state index in [1.165, 1.54) is 24.1 Å². The number of rotatable bonds is 4. The number of hydrogen-bond donors (Lipinski definition) is 1. The van der Waals surface area contributed by atoms with Crippen LogP contribution in [0.2, 0.25) is 0 Å². The fraction of sp³-hybridized carbons (Fsp3) is 0.429. The van der Waals surface area contributed by atoms with Gasteiger partial charge in [0.2, 0.25) is 5.91 Å². The van der Waals surface area contributed by atoms with Crippen molar-refractivity contribution >= 4 is 24.3 Å². The molecule has 0 spiro atoms. The van der Waals surface area contributed by atoms with Crippen molar-refractivity contribution in [2.45, 2.75) is 19.0 Å². The lowest BCUT2D eigenvalue weighted by atomic mass is 10.1. The SMILES string of the molecule is COC(=O)CC1NCCN(Cc2cc(F)cc(F)c2)C1=O.Cl. The van der Waals surface area contributed by atoms with Crippen molar-refractivity contribution in [2.24, 2.45) is 0 Å². The fourth-order valence-electron chi connectivity index (χ4n) is 2.28. The van der Waals surface area contributed by atoms with E-state index in [4.69, 9.17) is 0 Å². The molecule has 0 radical (unpaired) electrons. The molecule has 0 aliphatic carbocycles. The third-order valence-electron chi connectivity index (χ3n) is 3.28. The number of benzene rings is 1. The minimum absolute atomic E-state index is 0. The van der Waals surface area contributed by atoms with Crippen molar-refractivity contribution < 1.29 is 23.1 Å². The Bertz CT molecular complexity index is 537.